The lowest BCUT2D eigenvalue weighted by atomic mass is 10.2. The van der Waals surface area contributed by atoms with Crippen LogP contribution in [0.5, 0.6) is 5.75 Å². The highest BCUT2D eigenvalue weighted by Crippen LogP contribution is 2.29. The fourth-order valence-corrected chi connectivity index (χ4v) is 3.50. The van der Waals surface area contributed by atoms with Crippen LogP contribution in [0.1, 0.15) is 22.5 Å². The molecule has 0 saturated carbocycles. The molecule has 1 fully saturated rings. The van der Waals surface area contributed by atoms with Crippen molar-refractivity contribution >= 4 is 29.1 Å². The van der Waals surface area contributed by atoms with Gasteiger partial charge in [0.2, 0.25) is 5.75 Å². The van der Waals surface area contributed by atoms with Crippen LogP contribution in [0.2, 0.25) is 0 Å². The molecule has 4 rings (SSSR count). The van der Waals surface area contributed by atoms with E-state index >= 15 is 0 Å². The minimum absolute atomic E-state index is 0.0620. The molecule has 2 aromatic heterocycles. The average molecular weight is 452 g/mol. The number of nitrogens with zero attached hydrogens (tertiary/aromatic N) is 4. The Bertz CT molecular complexity index is 1260. The Balaban J connectivity index is 1.93. The van der Waals surface area contributed by atoms with Gasteiger partial charge in [-0.2, -0.15) is 0 Å². The summed E-state index contributed by atoms with van der Waals surface area (Å²) in [6.45, 7) is 0.770. The second-order valence-electron chi connectivity index (χ2n) is 7.65. The van der Waals surface area contributed by atoms with Gasteiger partial charge in [-0.3, -0.25) is 14.1 Å². The third-order valence-corrected chi connectivity index (χ3v) is 5.23. The lowest BCUT2D eigenvalue weighted by molar-refractivity contribution is 0.0588. The van der Waals surface area contributed by atoms with Crippen LogP contribution in [-0.4, -0.2) is 55.8 Å². The summed E-state index contributed by atoms with van der Waals surface area (Å²) in [5, 5.41) is 0. The van der Waals surface area contributed by atoms with E-state index in [1.165, 1.54) is 16.4 Å². The minimum Gasteiger partial charge on any atom is -0.481 e. The van der Waals surface area contributed by atoms with Gasteiger partial charge in [0.25, 0.3) is 0 Å². The van der Waals surface area contributed by atoms with Gasteiger partial charge < -0.3 is 19.1 Å². The molecule has 0 aliphatic carbocycles. The van der Waals surface area contributed by atoms with Gasteiger partial charge in [0.05, 0.1) is 25.1 Å². The Morgan fingerprint density at radius 3 is 2.64 bits per heavy atom. The lowest BCUT2D eigenvalue weighted by Crippen LogP contribution is -2.38. The second-order valence-corrected chi connectivity index (χ2v) is 7.65. The van der Waals surface area contributed by atoms with Crippen LogP contribution in [0.25, 0.3) is 5.65 Å². The molecule has 0 bridgehead atoms. The summed E-state index contributed by atoms with van der Waals surface area (Å²) < 4.78 is 17.1. The quantitative estimate of drug-likeness (QED) is 0.526. The van der Waals surface area contributed by atoms with Crippen LogP contribution in [0.3, 0.4) is 0 Å². The predicted molar refractivity (Wildman–Crippen MR) is 121 cm³/mol. The van der Waals surface area contributed by atoms with Gasteiger partial charge in [-0.15, -0.1) is 0 Å². The molecule has 10 heteroatoms. The second kappa shape index (κ2) is 9.19. The van der Waals surface area contributed by atoms with E-state index in [2.05, 4.69) is 4.98 Å². The predicted octanol–water partition coefficient (Wildman–Crippen LogP) is 2.47. The Labute approximate surface area is 189 Å². The molecule has 0 unspecified atom stereocenters. The number of aromatic nitrogens is 2. The maximum atomic E-state index is 13.5. The molecule has 0 radical (unpaired) electrons. The topological polar surface area (TPSA) is 103 Å². The molecule has 3 heterocycles. The first kappa shape index (κ1) is 22.1. The number of benzene rings is 1. The molecule has 1 saturated heterocycles. The van der Waals surface area contributed by atoms with E-state index in [1.54, 1.807) is 17.2 Å². The number of carbonyl (C=O) groups is 2. The number of anilines is 2. The first-order valence-electron chi connectivity index (χ1n) is 10.4. The molecule has 1 aliphatic heterocycles. The van der Waals surface area contributed by atoms with Gasteiger partial charge in [-0.05, 0) is 18.1 Å². The number of hydrogen-bond acceptors (Lipinski definition) is 8. The van der Waals surface area contributed by atoms with Crippen molar-refractivity contribution < 1.29 is 23.8 Å². The van der Waals surface area contributed by atoms with E-state index in [-0.39, 0.29) is 23.7 Å². The van der Waals surface area contributed by atoms with E-state index < -0.39 is 17.6 Å². The fraction of sp³-hybridized carbons (Fsp3) is 0.304. The normalized spacial score (nSPS) is 13.5. The van der Waals surface area contributed by atoms with Crippen LogP contribution < -0.4 is 20.1 Å². The molecular formula is C23H24N4O6. The zero-order valence-electron chi connectivity index (χ0n) is 18.6. The molecule has 0 spiro atoms. The first-order chi connectivity index (χ1) is 15.9. The molecule has 1 aliphatic rings. The van der Waals surface area contributed by atoms with E-state index in [4.69, 9.17) is 14.2 Å². The molecular weight excluding hydrogens is 428 g/mol. The van der Waals surface area contributed by atoms with Crippen molar-refractivity contribution in [2.75, 3.05) is 44.2 Å². The third kappa shape index (κ3) is 4.32. The van der Waals surface area contributed by atoms with Gasteiger partial charge in [-0.25, -0.2) is 14.6 Å². The zero-order valence-corrected chi connectivity index (χ0v) is 18.6. The highest BCUT2D eigenvalue weighted by Gasteiger charge is 2.28. The van der Waals surface area contributed by atoms with Gasteiger partial charge in [0.1, 0.15) is 6.61 Å². The number of methoxy groups -OCH3 is 1. The Hall–Kier alpha value is -4.08. The van der Waals surface area contributed by atoms with E-state index in [0.717, 1.165) is 5.56 Å². The number of esters is 1. The lowest BCUT2D eigenvalue weighted by Gasteiger charge is -2.28. The number of amides is 1. The summed E-state index contributed by atoms with van der Waals surface area (Å²) in [7, 11) is 4.83. The van der Waals surface area contributed by atoms with Crippen molar-refractivity contribution in [3.63, 3.8) is 0 Å². The van der Waals surface area contributed by atoms with Crippen molar-refractivity contribution in [2.24, 2.45) is 0 Å². The van der Waals surface area contributed by atoms with Crippen LogP contribution in [-0.2, 0) is 16.1 Å². The Morgan fingerprint density at radius 2 is 1.97 bits per heavy atom. The summed E-state index contributed by atoms with van der Waals surface area (Å²) in [6.07, 6.45) is 1.66. The van der Waals surface area contributed by atoms with Gasteiger partial charge >= 0.3 is 17.6 Å². The molecule has 0 atom stereocenters. The summed E-state index contributed by atoms with van der Waals surface area (Å²) in [5.74, 6) is -1.05. The number of cyclic esters (lactones) is 1. The molecule has 1 aromatic carbocycles. The summed E-state index contributed by atoms with van der Waals surface area (Å²) in [4.78, 5) is 46.2. The highest BCUT2D eigenvalue weighted by molar-refractivity contribution is 5.96. The molecule has 10 nitrogen and oxygen atoms in total. The van der Waals surface area contributed by atoms with Gasteiger partial charge in [0.15, 0.2) is 11.3 Å². The van der Waals surface area contributed by atoms with Gasteiger partial charge in [-0.1, -0.05) is 30.3 Å². The maximum absolute atomic E-state index is 13.5. The van der Waals surface area contributed by atoms with Crippen LogP contribution in [0.15, 0.2) is 47.4 Å². The Morgan fingerprint density at radius 1 is 1.21 bits per heavy atom. The molecule has 1 amide bonds. The number of ether oxygens (including phenoxy) is 3. The Kier molecular flexibility index (Phi) is 6.16. The highest BCUT2D eigenvalue weighted by atomic mass is 16.6. The largest absolute Gasteiger partial charge is 0.481 e. The zero-order chi connectivity index (χ0) is 23.5. The van der Waals surface area contributed by atoms with Crippen molar-refractivity contribution in [3.05, 3.63) is 64.2 Å². The van der Waals surface area contributed by atoms with Crippen LogP contribution >= 0.6 is 0 Å². The van der Waals surface area contributed by atoms with E-state index in [9.17, 15) is 14.4 Å². The molecule has 172 valence electrons. The van der Waals surface area contributed by atoms with E-state index in [1.807, 2.05) is 44.4 Å². The fourth-order valence-electron chi connectivity index (χ4n) is 3.50. The minimum atomic E-state index is -0.818. The van der Waals surface area contributed by atoms with Crippen molar-refractivity contribution in [2.45, 2.75) is 13.0 Å². The standard InChI is InChI=1S/C23H24N4O6/c1-25(2)16-12-17(26-10-7-11-32-23(26)30)20-24-18(22(29)31-3)19(21(28)27(20)13-16)33-14-15-8-5-4-6-9-15/h4-6,8-9,12-13H,7,10-11,14H2,1-3H3. The summed E-state index contributed by atoms with van der Waals surface area (Å²) in [5.41, 5.74) is 1.09. The number of rotatable bonds is 6. The monoisotopic (exact) mass is 452 g/mol. The van der Waals surface area contributed by atoms with Crippen molar-refractivity contribution in [3.8, 4) is 5.75 Å². The van der Waals surface area contributed by atoms with Crippen LogP contribution in [0.4, 0.5) is 16.2 Å². The van der Waals surface area contributed by atoms with Gasteiger partial charge in [0, 0.05) is 26.8 Å². The first-order valence-corrected chi connectivity index (χ1v) is 10.4. The smallest absolute Gasteiger partial charge is 0.414 e. The molecule has 33 heavy (non-hydrogen) atoms. The number of pyridine rings is 1. The summed E-state index contributed by atoms with van der Waals surface area (Å²) in [6, 6.07) is 11.0. The summed E-state index contributed by atoms with van der Waals surface area (Å²) >= 11 is 0. The maximum Gasteiger partial charge on any atom is 0.414 e. The number of carbonyl (C=O) groups excluding carboxylic acids is 2. The number of hydrogen-bond donors (Lipinski definition) is 0. The number of fused-ring (bicyclic) bond motifs is 1. The third-order valence-electron chi connectivity index (χ3n) is 5.23. The average Bonchev–Trinajstić information content (AvgIpc) is 2.83. The SMILES string of the molecule is COC(=O)c1nc2c(N3CCCOC3=O)cc(N(C)C)cn2c(=O)c1OCc1ccccc1. The molecule has 0 N–H and O–H groups in total. The van der Waals surface area contributed by atoms with E-state index in [0.29, 0.717) is 30.9 Å². The van der Waals surface area contributed by atoms with Crippen molar-refractivity contribution in [1.82, 2.24) is 9.38 Å². The molecule has 3 aromatic rings. The van der Waals surface area contributed by atoms with Crippen molar-refractivity contribution in [1.29, 1.82) is 0 Å². The van der Waals surface area contributed by atoms with Crippen LogP contribution in [0, 0.1) is 0 Å².